The molecule has 0 aliphatic carbocycles. The lowest BCUT2D eigenvalue weighted by atomic mass is 10.0. The minimum atomic E-state index is 0.638. The predicted octanol–water partition coefficient (Wildman–Crippen LogP) is 4.52. The fourth-order valence-electron chi connectivity index (χ4n) is 2.12. The highest BCUT2D eigenvalue weighted by Gasteiger charge is 2.04. The standard InChI is InChI=1S/C17H20ClNO/c1-3-9-19-12-13-5-4-6-14(10-13)15-7-8-17(20-2)16(18)11-15/h4-8,10-11,19H,3,9,12H2,1-2H3. The molecule has 0 amide bonds. The zero-order valence-electron chi connectivity index (χ0n) is 11.9. The molecule has 0 saturated heterocycles. The van der Waals surface area contributed by atoms with Crippen LogP contribution < -0.4 is 10.1 Å². The highest BCUT2D eigenvalue weighted by molar-refractivity contribution is 6.32. The van der Waals surface area contributed by atoms with E-state index in [-0.39, 0.29) is 0 Å². The van der Waals surface area contributed by atoms with Gasteiger partial charge < -0.3 is 10.1 Å². The van der Waals surface area contributed by atoms with E-state index < -0.39 is 0 Å². The van der Waals surface area contributed by atoms with E-state index >= 15 is 0 Å². The van der Waals surface area contributed by atoms with Crippen LogP contribution in [0.5, 0.6) is 5.75 Å². The van der Waals surface area contributed by atoms with E-state index in [1.807, 2.05) is 18.2 Å². The van der Waals surface area contributed by atoms with E-state index in [4.69, 9.17) is 16.3 Å². The third kappa shape index (κ3) is 3.75. The van der Waals surface area contributed by atoms with Crippen molar-refractivity contribution in [2.75, 3.05) is 13.7 Å². The SMILES string of the molecule is CCCNCc1cccc(-c2ccc(OC)c(Cl)c2)c1. The van der Waals surface area contributed by atoms with Gasteiger partial charge >= 0.3 is 0 Å². The molecular formula is C17H20ClNO. The summed E-state index contributed by atoms with van der Waals surface area (Å²) in [6.07, 6.45) is 1.15. The van der Waals surface area contributed by atoms with Crippen LogP contribution in [-0.4, -0.2) is 13.7 Å². The molecule has 0 radical (unpaired) electrons. The Hall–Kier alpha value is -1.51. The summed E-state index contributed by atoms with van der Waals surface area (Å²) >= 11 is 6.18. The minimum Gasteiger partial charge on any atom is -0.495 e. The smallest absolute Gasteiger partial charge is 0.137 e. The molecule has 0 fully saturated rings. The van der Waals surface area contributed by atoms with Crippen LogP contribution in [0, 0.1) is 0 Å². The Labute approximate surface area is 125 Å². The van der Waals surface area contributed by atoms with E-state index in [2.05, 4.69) is 36.5 Å². The van der Waals surface area contributed by atoms with Crippen LogP contribution in [0.15, 0.2) is 42.5 Å². The van der Waals surface area contributed by atoms with Crippen LogP contribution in [0.3, 0.4) is 0 Å². The molecule has 2 aromatic rings. The van der Waals surface area contributed by atoms with Gasteiger partial charge in [-0.25, -0.2) is 0 Å². The molecule has 0 saturated carbocycles. The Balaban J connectivity index is 2.19. The maximum Gasteiger partial charge on any atom is 0.137 e. The summed E-state index contributed by atoms with van der Waals surface area (Å²) in [5, 5.41) is 4.05. The number of nitrogens with one attached hydrogen (secondary N) is 1. The van der Waals surface area contributed by atoms with E-state index in [0.29, 0.717) is 10.8 Å². The number of hydrogen-bond acceptors (Lipinski definition) is 2. The number of methoxy groups -OCH3 is 1. The summed E-state index contributed by atoms with van der Waals surface area (Å²) < 4.78 is 5.18. The molecule has 2 aromatic carbocycles. The number of hydrogen-bond donors (Lipinski definition) is 1. The minimum absolute atomic E-state index is 0.638. The quantitative estimate of drug-likeness (QED) is 0.790. The van der Waals surface area contributed by atoms with Crippen LogP contribution in [0.1, 0.15) is 18.9 Å². The summed E-state index contributed by atoms with van der Waals surface area (Å²) in [5.74, 6) is 0.705. The van der Waals surface area contributed by atoms with Crippen molar-refractivity contribution in [1.29, 1.82) is 0 Å². The first-order valence-electron chi connectivity index (χ1n) is 6.88. The second kappa shape index (κ2) is 7.32. The van der Waals surface area contributed by atoms with Gasteiger partial charge in [-0.2, -0.15) is 0 Å². The molecular weight excluding hydrogens is 270 g/mol. The Kier molecular flexibility index (Phi) is 5.45. The Bertz CT molecular complexity index is 569. The summed E-state index contributed by atoms with van der Waals surface area (Å²) in [5.41, 5.74) is 3.56. The second-order valence-electron chi connectivity index (χ2n) is 4.73. The number of halogens is 1. The van der Waals surface area contributed by atoms with Crippen molar-refractivity contribution in [2.24, 2.45) is 0 Å². The van der Waals surface area contributed by atoms with Crippen molar-refractivity contribution in [1.82, 2.24) is 5.32 Å². The zero-order chi connectivity index (χ0) is 14.4. The van der Waals surface area contributed by atoms with Crippen molar-refractivity contribution in [3.05, 3.63) is 53.1 Å². The molecule has 20 heavy (non-hydrogen) atoms. The summed E-state index contributed by atoms with van der Waals surface area (Å²) in [7, 11) is 1.63. The van der Waals surface area contributed by atoms with Crippen molar-refractivity contribution in [2.45, 2.75) is 19.9 Å². The summed E-state index contributed by atoms with van der Waals surface area (Å²) in [6.45, 7) is 4.10. The van der Waals surface area contributed by atoms with Gasteiger partial charge in [0.1, 0.15) is 5.75 Å². The first kappa shape index (κ1) is 14.9. The molecule has 0 atom stereocenters. The third-order valence-electron chi connectivity index (χ3n) is 3.17. The van der Waals surface area contributed by atoms with E-state index in [9.17, 15) is 0 Å². The lowest BCUT2D eigenvalue weighted by molar-refractivity contribution is 0.415. The highest BCUT2D eigenvalue weighted by atomic mass is 35.5. The number of rotatable bonds is 6. The lowest BCUT2D eigenvalue weighted by Gasteiger charge is -2.09. The van der Waals surface area contributed by atoms with Gasteiger partial charge in [0.25, 0.3) is 0 Å². The van der Waals surface area contributed by atoms with Crippen LogP contribution >= 0.6 is 11.6 Å². The van der Waals surface area contributed by atoms with Gasteiger partial charge in [0.2, 0.25) is 0 Å². The van der Waals surface area contributed by atoms with E-state index in [1.54, 1.807) is 7.11 Å². The summed E-state index contributed by atoms with van der Waals surface area (Å²) in [6, 6.07) is 14.4. The van der Waals surface area contributed by atoms with Gasteiger partial charge in [-0.1, -0.05) is 42.8 Å². The molecule has 3 heteroatoms. The predicted molar refractivity (Wildman–Crippen MR) is 85.4 cm³/mol. The lowest BCUT2D eigenvalue weighted by Crippen LogP contribution is -2.13. The van der Waals surface area contributed by atoms with Gasteiger partial charge in [-0.15, -0.1) is 0 Å². The molecule has 106 valence electrons. The fourth-order valence-corrected chi connectivity index (χ4v) is 2.37. The van der Waals surface area contributed by atoms with Crippen molar-refractivity contribution < 1.29 is 4.74 Å². The maximum atomic E-state index is 6.18. The molecule has 0 unspecified atom stereocenters. The average Bonchev–Trinajstić information content (AvgIpc) is 2.48. The molecule has 2 rings (SSSR count). The Morgan fingerprint density at radius 2 is 1.90 bits per heavy atom. The summed E-state index contributed by atoms with van der Waals surface area (Å²) in [4.78, 5) is 0. The van der Waals surface area contributed by atoms with Crippen LogP contribution in [0.2, 0.25) is 5.02 Å². The van der Waals surface area contributed by atoms with E-state index in [0.717, 1.165) is 25.1 Å². The maximum absolute atomic E-state index is 6.18. The first-order chi connectivity index (χ1) is 9.74. The van der Waals surface area contributed by atoms with Crippen LogP contribution in [-0.2, 0) is 6.54 Å². The van der Waals surface area contributed by atoms with Crippen molar-refractivity contribution in [3.8, 4) is 16.9 Å². The van der Waals surface area contributed by atoms with Gasteiger partial charge in [0.15, 0.2) is 0 Å². The van der Waals surface area contributed by atoms with Crippen molar-refractivity contribution >= 4 is 11.6 Å². The molecule has 0 aliphatic rings. The van der Waals surface area contributed by atoms with Crippen LogP contribution in [0.4, 0.5) is 0 Å². The largest absolute Gasteiger partial charge is 0.495 e. The average molecular weight is 290 g/mol. The fraction of sp³-hybridized carbons (Fsp3) is 0.294. The topological polar surface area (TPSA) is 21.3 Å². The normalized spacial score (nSPS) is 10.6. The van der Waals surface area contributed by atoms with Crippen LogP contribution in [0.25, 0.3) is 11.1 Å². The number of ether oxygens (including phenoxy) is 1. The second-order valence-corrected chi connectivity index (χ2v) is 5.13. The van der Waals surface area contributed by atoms with Gasteiger partial charge in [0, 0.05) is 6.54 Å². The molecule has 0 aliphatic heterocycles. The van der Waals surface area contributed by atoms with Crippen molar-refractivity contribution in [3.63, 3.8) is 0 Å². The Morgan fingerprint density at radius 1 is 1.10 bits per heavy atom. The molecule has 0 bridgehead atoms. The molecule has 2 nitrogen and oxygen atoms in total. The third-order valence-corrected chi connectivity index (χ3v) is 3.46. The number of benzene rings is 2. The molecule has 0 heterocycles. The zero-order valence-corrected chi connectivity index (χ0v) is 12.7. The monoisotopic (exact) mass is 289 g/mol. The molecule has 0 aromatic heterocycles. The van der Waals surface area contributed by atoms with Gasteiger partial charge in [-0.05, 0) is 47.9 Å². The van der Waals surface area contributed by atoms with Gasteiger partial charge in [0.05, 0.1) is 12.1 Å². The van der Waals surface area contributed by atoms with E-state index in [1.165, 1.54) is 11.1 Å². The van der Waals surface area contributed by atoms with Gasteiger partial charge in [-0.3, -0.25) is 0 Å². The molecule has 1 N–H and O–H groups in total. The molecule has 0 spiro atoms. The first-order valence-corrected chi connectivity index (χ1v) is 7.26. The Morgan fingerprint density at radius 3 is 2.60 bits per heavy atom. The highest BCUT2D eigenvalue weighted by Crippen LogP contribution is 2.30.